The lowest BCUT2D eigenvalue weighted by molar-refractivity contribution is 0.0605. The van der Waals surface area contributed by atoms with E-state index in [1.54, 1.807) is 17.2 Å². The molecule has 1 aliphatic rings. The first kappa shape index (κ1) is 21.8. The summed E-state index contributed by atoms with van der Waals surface area (Å²) in [5, 5.41) is 8.64. The lowest BCUT2D eigenvalue weighted by Gasteiger charge is -2.34. The molecule has 0 spiro atoms. The van der Waals surface area contributed by atoms with Gasteiger partial charge in [-0.2, -0.15) is 15.0 Å². The lowest BCUT2D eigenvalue weighted by Crippen LogP contribution is -2.44. The first-order valence-corrected chi connectivity index (χ1v) is 12.0. The maximum Gasteiger partial charge on any atom is 0.256 e. The van der Waals surface area contributed by atoms with Crippen molar-refractivity contribution >= 4 is 32.9 Å². The number of amides is 1. The fourth-order valence-corrected chi connectivity index (χ4v) is 5.39. The van der Waals surface area contributed by atoms with Gasteiger partial charge < -0.3 is 9.88 Å². The number of fused-ring (bicyclic) bond motifs is 1. The molecule has 0 aliphatic carbocycles. The largest absolute Gasteiger partial charge is 0.340 e. The van der Waals surface area contributed by atoms with Gasteiger partial charge in [-0.3, -0.25) is 4.79 Å². The van der Waals surface area contributed by atoms with Crippen LogP contribution in [0.2, 0.25) is 0 Å². The van der Waals surface area contributed by atoms with Gasteiger partial charge in [-0.25, -0.2) is 4.98 Å². The zero-order valence-corrected chi connectivity index (χ0v) is 21.1. The minimum Gasteiger partial charge on any atom is -0.340 e. The van der Waals surface area contributed by atoms with Crippen LogP contribution >= 0.6 is 15.9 Å². The van der Waals surface area contributed by atoms with Gasteiger partial charge in [0, 0.05) is 11.0 Å². The predicted molar refractivity (Wildman–Crippen MR) is 132 cm³/mol. The highest BCUT2D eigenvalue weighted by Crippen LogP contribution is 2.40. The average molecular weight is 507 g/mol. The summed E-state index contributed by atoms with van der Waals surface area (Å²) in [7, 11) is 0. The molecule has 7 nitrogen and oxygen atoms in total. The number of carbonyl (C=O) groups excluding carboxylic acids is 1. The second kappa shape index (κ2) is 7.80. The Balaban J connectivity index is 1.61. The second-order valence-electron chi connectivity index (χ2n) is 9.15. The van der Waals surface area contributed by atoms with Crippen LogP contribution in [0.3, 0.4) is 0 Å². The highest BCUT2D eigenvalue weighted by molar-refractivity contribution is 9.10. The molecule has 4 aromatic rings. The minimum absolute atomic E-state index is 0.0278. The number of benzene rings is 2. The molecule has 0 radical (unpaired) electrons. The smallest absolute Gasteiger partial charge is 0.256 e. The van der Waals surface area contributed by atoms with E-state index in [2.05, 4.69) is 57.9 Å². The molecule has 8 heteroatoms. The van der Waals surface area contributed by atoms with E-state index in [1.807, 2.05) is 30.9 Å². The number of imidazole rings is 1. The Morgan fingerprint density at radius 1 is 1.09 bits per heavy atom. The number of hydrogen-bond donors (Lipinski definition) is 1. The molecule has 5 rings (SSSR count). The van der Waals surface area contributed by atoms with Crippen molar-refractivity contribution in [1.29, 1.82) is 0 Å². The SMILES string of the molecule is Cc1ccc(C(=O)N2CCC[C@@]2(C)c2nc3c(C)c(C)c(Br)cc3[nH]2)c(-n2nccn2)c1C. The zero-order valence-electron chi connectivity index (χ0n) is 19.5. The molecular weight excluding hydrogens is 480 g/mol. The quantitative estimate of drug-likeness (QED) is 0.409. The van der Waals surface area contributed by atoms with Gasteiger partial charge in [-0.1, -0.05) is 22.0 Å². The maximum atomic E-state index is 14.0. The van der Waals surface area contributed by atoms with Crippen LogP contribution < -0.4 is 0 Å². The molecular formula is C25H27BrN6O. The second-order valence-corrected chi connectivity index (χ2v) is 10.0. The van der Waals surface area contributed by atoms with Crippen LogP contribution in [0.25, 0.3) is 16.7 Å². The summed E-state index contributed by atoms with van der Waals surface area (Å²) in [6, 6.07) is 5.96. The standard InChI is InChI=1S/C25H27BrN6O/c1-14-7-8-18(22(15(14)2)32-27-10-11-28-32)23(33)31-12-6-9-25(31,5)24-29-20-13-19(26)16(3)17(4)21(20)30-24/h7-8,10-11,13H,6,9,12H2,1-5H3,(H,29,30)/t25-/m0/s1. The van der Waals surface area contributed by atoms with Gasteiger partial charge in [0.25, 0.3) is 5.91 Å². The van der Waals surface area contributed by atoms with Gasteiger partial charge in [-0.05, 0) is 81.8 Å². The van der Waals surface area contributed by atoms with Crippen LogP contribution in [0.4, 0.5) is 0 Å². The van der Waals surface area contributed by atoms with Gasteiger partial charge in [0.15, 0.2) is 0 Å². The van der Waals surface area contributed by atoms with Crippen LogP contribution in [-0.2, 0) is 5.54 Å². The number of hydrogen-bond acceptors (Lipinski definition) is 4. The molecule has 170 valence electrons. The molecule has 1 atom stereocenters. The number of carbonyl (C=O) groups is 1. The molecule has 3 heterocycles. The van der Waals surface area contributed by atoms with Crippen molar-refractivity contribution in [2.45, 2.75) is 53.0 Å². The number of nitrogens with one attached hydrogen (secondary N) is 1. The number of aromatic nitrogens is 5. The van der Waals surface area contributed by atoms with Crippen LogP contribution in [0.1, 0.15) is 58.2 Å². The molecule has 1 fully saturated rings. The normalized spacial score (nSPS) is 18.4. The Kier molecular flexibility index (Phi) is 5.16. The van der Waals surface area contributed by atoms with E-state index < -0.39 is 5.54 Å². The van der Waals surface area contributed by atoms with Crippen molar-refractivity contribution < 1.29 is 4.79 Å². The molecule has 1 saturated heterocycles. The third-order valence-electron chi connectivity index (χ3n) is 7.23. The summed E-state index contributed by atoms with van der Waals surface area (Å²) in [6.45, 7) is 11.0. The Morgan fingerprint density at radius 3 is 2.55 bits per heavy atom. The Bertz CT molecular complexity index is 1390. The summed E-state index contributed by atoms with van der Waals surface area (Å²) in [5.41, 5.74) is 7.16. The highest BCUT2D eigenvalue weighted by Gasteiger charge is 2.44. The molecule has 0 bridgehead atoms. The fraction of sp³-hybridized carbons (Fsp3) is 0.360. The van der Waals surface area contributed by atoms with Crippen molar-refractivity contribution in [2.24, 2.45) is 0 Å². The van der Waals surface area contributed by atoms with Gasteiger partial charge in [0.2, 0.25) is 0 Å². The van der Waals surface area contributed by atoms with Crippen LogP contribution in [0.15, 0.2) is 35.1 Å². The number of likely N-dealkylation sites (tertiary alicyclic amines) is 1. The number of aromatic amines is 1. The predicted octanol–water partition coefficient (Wildman–Crippen LogP) is 5.29. The number of rotatable bonds is 3. The van der Waals surface area contributed by atoms with Gasteiger partial charge in [0.05, 0.1) is 34.5 Å². The van der Waals surface area contributed by atoms with Gasteiger partial charge in [0.1, 0.15) is 11.5 Å². The Labute approximate surface area is 201 Å². The third-order valence-corrected chi connectivity index (χ3v) is 8.05. The summed E-state index contributed by atoms with van der Waals surface area (Å²) >= 11 is 3.65. The van der Waals surface area contributed by atoms with E-state index in [4.69, 9.17) is 4.98 Å². The molecule has 33 heavy (non-hydrogen) atoms. The fourth-order valence-electron chi connectivity index (χ4n) is 4.87. The van der Waals surface area contributed by atoms with E-state index in [9.17, 15) is 4.79 Å². The Hall–Kier alpha value is -3.00. The van der Waals surface area contributed by atoms with E-state index in [1.165, 1.54) is 5.56 Å². The van der Waals surface area contributed by atoms with E-state index in [0.717, 1.165) is 56.5 Å². The Morgan fingerprint density at radius 2 is 1.82 bits per heavy atom. The molecule has 2 aromatic heterocycles. The van der Waals surface area contributed by atoms with E-state index >= 15 is 0 Å². The average Bonchev–Trinajstić information content (AvgIpc) is 3.54. The topological polar surface area (TPSA) is 79.7 Å². The van der Waals surface area contributed by atoms with Crippen molar-refractivity contribution in [3.05, 3.63) is 68.7 Å². The summed E-state index contributed by atoms with van der Waals surface area (Å²) in [6.07, 6.45) is 5.03. The number of aryl methyl sites for hydroxylation is 2. The number of nitrogens with zero attached hydrogens (tertiary/aromatic N) is 5. The van der Waals surface area contributed by atoms with Crippen molar-refractivity contribution in [3.8, 4) is 5.69 Å². The zero-order chi connectivity index (χ0) is 23.5. The molecule has 2 aromatic carbocycles. The van der Waals surface area contributed by atoms with Crippen molar-refractivity contribution in [1.82, 2.24) is 29.9 Å². The van der Waals surface area contributed by atoms with E-state index in [-0.39, 0.29) is 5.91 Å². The van der Waals surface area contributed by atoms with Gasteiger partial charge >= 0.3 is 0 Å². The first-order valence-electron chi connectivity index (χ1n) is 11.2. The van der Waals surface area contributed by atoms with Crippen LogP contribution in [0.5, 0.6) is 0 Å². The molecule has 0 saturated carbocycles. The molecule has 1 N–H and O–H groups in total. The molecule has 1 aliphatic heterocycles. The highest BCUT2D eigenvalue weighted by atomic mass is 79.9. The lowest BCUT2D eigenvalue weighted by atomic mass is 9.96. The summed E-state index contributed by atoms with van der Waals surface area (Å²) < 4.78 is 1.05. The van der Waals surface area contributed by atoms with Crippen LogP contribution in [0, 0.1) is 27.7 Å². The van der Waals surface area contributed by atoms with Crippen molar-refractivity contribution in [2.75, 3.05) is 6.54 Å². The summed E-state index contributed by atoms with van der Waals surface area (Å²) in [4.78, 5) is 26.0. The molecule has 1 amide bonds. The minimum atomic E-state index is -0.531. The number of H-pyrrole nitrogens is 1. The van der Waals surface area contributed by atoms with Crippen LogP contribution in [-0.4, -0.2) is 42.3 Å². The summed E-state index contributed by atoms with van der Waals surface area (Å²) in [5.74, 6) is 0.798. The maximum absolute atomic E-state index is 14.0. The van der Waals surface area contributed by atoms with Gasteiger partial charge in [-0.15, -0.1) is 0 Å². The third kappa shape index (κ3) is 3.30. The first-order chi connectivity index (χ1) is 15.7. The monoisotopic (exact) mass is 506 g/mol. The molecule has 0 unspecified atom stereocenters. The number of halogens is 1. The van der Waals surface area contributed by atoms with Crippen molar-refractivity contribution in [3.63, 3.8) is 0 Å². The van der Waals surface area contributed by atoms with E-state index in [0.29, 0.717) is 12.1 Å².